The van der Waals surface area contributed by atoms with Crippen molar-refractivity contribution in [3.63, 3.8) is 0 Å². The molecular weight excluding hydrogens is 246 g/mol. The highest BCUT2D eigenvalue weighted by Gasteiger charge is 2.22. The minimum Gasteiger partial charge on any atom is -0.334 e. The maximum Gasteiger partial charge on any atom is 0.254 e. The number of hydrogen-bond donors (Lipinski definition) is 0. The SMILES string of the molecule is CC(C)/C=C/c1ccccc1C(=O)N(C(C)C)C(C)C. The quantitative estimate of drug-likeness (QED) is 0.767. The Morgan fingerprint density at radius 2 is 1.55 bits per heavy atom. The highest BCUT2D eigenvalue weighted by Crippen LogP contribution is 2.18. The topological polar surface area (TPSA) is 20.3 Å². The minimum absolute atomic E-state index is 0.110. The zero-order valence-electron chi connectivity index (χ0n) is 13.6. The van der Waals surface area contributed by atoms with E-state index in [2.05, 4.69) is 53.7 Å². The number of carbonyl (C=O) groups excluding carboxylic acids is 1. The van der Waals surface area contributed by atoms with Gasteiger partial charge >= 0.3 is 0 Å². The highest BCUT2D eigenvalue weighted by atomic mass is 16.2. The molecule has 20 heavy (non-hydrogen) atoms. The molecule has 0 unspecified atom stereocenters. The lowest BCUT2D eigenvalue weighted by Crippen LogP contribution is -2.42. The summed E-state index contributed by atoms with van der Waals surface area (Å²) in [4.78, 5) is 14.7. The Bertz CT molecular complexity index is 464. The lowest BCUT2D eigenvalue weighted by Gasteiger charge is -2.31. The second-order valence-corrected chi connectivity index (χ2v) is 6.09. The number of carbonyl (C=O) groups is 1. The lowest BCUT2D eigenvalue weighted by atomic mass is 10.0. The van der Waals surface area contributed by atoms with Crippen LogP contribution in [0, 0.1) is 5.92 Å². The zero-order valence-corrected chi connectivity index (χ0v) is 13.6. The second kappa shape index (κ2) is 7.28. The molecule has 0 saturated heterocycles. The molecule has 0 bridgehead atoms. The molecule has 0 aliphatic carbocycles. The Kier molecular flexibility index (Phi) is 6.00. The molecule has 2 nitrogen and oxygen atoms in total. The Morgan fingerprint density at radius 3 is 2.05 bits per heavy atom. The fourth-order valence-corrected chi connectivity index (χ4v) is 2.34. The number of amides is 1. The third-order valence-electron chi connectivity index (χ3n) is 3.20. The van der Waals surface area contributed by atoms with Crippen LogP contribution >= 0.6 is 0 Å². The van der Waals surface area contributed by atoms with Crippen molar-refractivity contribution in [2.45, 2.75) is 53.6 Å². The summed E-state index contributed by atoms with van der Waals surface area (Å²) in [5.41, 5.74) is 1.78. The monoisotopic (exact) mass is 273 g/mol. The van der Waals surface area contributed by atoms with E-state index in [1.54, 1.807) is 0 Å². The maximum absolute atomic E-state index is 12.8. The van der Waals surface area contributed by atoms with Gasteiger partial charge < -0.3 is 4.90 Å². The van der Waals surface area contributed by atoms with Crippen LogP contribution in [0.5, 0.6) is 0 Å². The summed E-state index contributed by atoms with van der Waals surface area (Å²) in [6.45, 7) is 12.5. The first-order valence-corrected chi connectivity index (χ1v) is 7.44. The molecule has 0 aromatic heterocycles. The van der Waals surface area contributed by atoms with Gasteiger partial charge in [-0.1, -0.05) is 44.2 Å². The van der Waals surface area contributed by atoms with Crippen molar-refractivity contribution in [3.8, 4) is 0 Å². The van der Waals surface area contributed by atoms with Gasteiger partial charge in [-0.25, -0.2) is 0 Å². The van der Waals surface area contributed by atoms with E-state index < -0.39 is 0 Å². The van der Waals surface area contributed by atoms with Gasteiger partial charge in [-0.05, 0) is 45.2 Å². The molecule has 0 atom stereocenters. The fourth-order valence-electron chi connectivity index (χ4n) is 2.34. The average molecular weight is 273 g/mol. The van der Waals surface area contributed by atoms with E-state index in [9.17, 15) is 4.79 Å². The first-order valence-electron chi connectivity index (χ1n) is 7.44. The van der Waals surface area contributed by atoms with Crippen LogP contribution in [-0.4, -0.2) is 22.9 Å². The van der Waals surface area contributed by atoms with Gasteiger partial charge in [-0.15, -0.1) is 0 Å². The van der Waals surface area contributed by atoms with E-state index in [1.807, 2.05) is 29.2 Å². The summed E-state index contributed by atoms with van der Waals surface area (Å²) in [7, 11) is 0. The van der Waals surface area contributed by atoms with Crippen molar-refractivity contribution >= 4 is 12.0 Å². The fraction of sp³-hybridized carbons (Fsp3) is 0.500. The predicted octanol–water partition coefficient (Wildman–Crippen LogP) is 4.61. The van der Waals surface area contributed by atoms with Crippen molar-refractivity contribution in [1.82, 2.24) is 4.90 Å². The Morgan fingerprint density at radius 1 is 1.00 bits per heavy atom. The molecule has 1 aromatic rings. The molecule has 1 amide bonds. The number of benzene rings is 1. The van der Waals surface area contributed by atoms with E-state index in [-0.39, 0.29) is 18.0 Å². The van der Waals surface area contributed by atoms with E-state index in [1.165, 1.54) is 0 Å². The van der Waals surface area contributed by atoms with Gasteiger partial charge in [0.05, 0.1) is 0 Å². The van der Waals surface area contributed by atoms with Gasteiger partial charge in [0.25, 0.3) is 5.91 Å². The average Bonchev–Trinajstić information content (AvgIpc) is 2.35. The third-order valence-corrected chi connectivity index (χ3v) is 3.20. The van der Waals surface area contributed by atoms with E-state index in [0.29, 0.717) is 5.92 Å². The molecule has 0 aliphatic heterocycles. The van der Waals surface area contributed by atoms with Gasteiger partial charge in [0, 0.05) is 17.6 Å². The lowest BCUT2D eigenvalue weighted by molar-refractivity contribution is 0.0643. The molecule has 0 heterocycles. The van der Waals surface area contributed by atoms with Gasteiger partial charge in [0.2, 0.25) is 0 Å². The molecule has 1 aromatic carbocycles. The molecule has 0 aliphatic rings. The van der Waals surface area contributed by atoms with E-state index >= 15 is 0 Å². The number of nitrogens with zero attached hydrogens (tertiary/aromatic N) is 1. The van der Waals surface area contributed by atoms with Crippen molar-refractivity contribution in [3.05, 3.63) is 41.5 Å². The van der Waals surface area contributed by atoms with Crippen molar-refractivity contribution in [2.24, 2.45) is 5.92 Å². The number of allylic oxidation sites excluding steroid dienone is 1. The van der Waals surface area contributed by atoms with Crippen molar-refractivity contribution in [1.29, 1.82) is 0 Å². The summed E-state index contributed by atoms with van der Waals surface area (Å²) in [6, 6.07) is 8.23. The molecular formula is C18H27NO. The molecule has 0 fully saturated rings. The molecule has 0 N–H and O–H groups in total. The Balaban J connectivity index is 3.15. The van der Waals surface area contributed by atoms with Gasteiger partial charge in [0.15, 0.2) is 0 Å². The summed E-state index contributed by atoms with van der Waals surface area (Å²) in [6.07, 6.45) is 4.18. The normalized spacial score (nSPS) is 11.8. The van der Waals surface area contributed by atoms with Gasteiger partial charge in [-0.3, -0.25) is 4.79 Å². The first-order chi connectivity index (χ1) is 9.34. The molecule has 110 valence electrons. The van der Waals surface area contributed by atoms with Crippen molar-refractivity contribution in [2.75, 3.05) is 0 Å². The Labute approximate surface area is 123 Å². The van der Waals surface area contributed by atoms with Crippen LogP contribution in [0.3, 0.4) is 0 Å². The standard InChI is InChI=1S/C18H27NO/c1-13(2)11-12-16-9-7-8-10-17(16)18(20)19(14(3)4)15(5)6/h7-15H,1-6H3/b12-11+. The largest absolute Gasteiger partial charge is 0.334 e. The number of hydrogen-bond acceptors (Lipinski definition) is 1. The predicted molar refractivity (Wildman–Crippen MR) is 86.8 cm³/mol. The van der Waals surface area contributed by atoms with Gasteiger partial charge in [0.1, 0.15) is 0 Å². The van der Waals surface area contributed by atoms with Crippen LogP contribution in [0.15, 0.2) is 30.3 Å². The maximum atomic E-state index is 12.8. The van der Waals surface area contributed by atoms with Crippen LogP contribution in [-0.2, 0) is 0 Å². The molecule has 0 saturated carbocycles. The van der Waals surface area contributed by atoms with E-state index in [0.717, 1.165) is 11.1 Å². The number of rotatable bonds is 5. The highest BCUT2D eigenvalue weighted by molar-refractivity contribution is 5.98. The smallest absolute Gasteiger partial charge is 0.254 e. The molecule has 0 spiro atoms. The van der Waals surface area contributed by atoms with Crippen LogP contribution in [0.2, 0.25) is 0 Å². The zero-order chi connectivity index (χ0) is 15.3. The Hall–Kier alpha value is -1.57. The van der Waals surface area contributed by atoms with Gasteiger partial charge in [-0.2, -0.15) is 0 Å². The molecule has 2 heteroatoms. The van der Waals surface area contributed by atoms with Crippen LogP contribution in [0.4, 0.5) is 0 Å². The third kappa shape index (κ3) is 4.22. The molecule has 1 rings (SSSR count). The van der Waals surface area contributed by atoms with Crippen LogP contribution in [0.1, 0.15) is 57.5 Å². The van der Waals surface area contributed by atoms with E-state index in [4.69, 9.17) is 0 Å². The summed E-state index contributed by atoms with van der Waals surface area (Å²) in [5, 5.41) is 0. The summed E-state index contributed by atoms with van der Waals surface area (Å²) >= 11 is 0. The minimum atomic E-state index is 0.110. The van der Waals surface area contributed by atoms with Crippen LogP contribution in [0.25, 0.3) is 6.08 Å². The summed E-state index contributed by atoms with van der Waals surface area (Å²) < 4.78 is 0. The molecule has 0 radical (unpaired) electrons. The van der Waals surface area contributed by atoms with Crippen LogP contribution < -0.4 is 0 Å². The first kappa shape index (κ1) is 16.5. The van der Waals surface area contributed by atoms with Crippen molar-refractivity contribution < 1.29 is 4.79 Å². The second-order valence-electron chi connectivity index (χ2n) is 6.09. The summed E-state index contributed by atoms with van der Waals surface area (Å²) in [5.74, 6) is 0.587.